The van der Waals surface area contributed by atoms with Crippen molar-refractivity contribution in [3.63, 3.8) is 0 Å². The number of rotatable bonds is 16. The van der Waals surface area contributed by atoms with Crippen molar-refractivity contribution in [3.05, 3.63) is 0 Å². The van der Waals surface area contributed by atoms with Crippen LogP contribution >= 0.6 is 0 Å². The predicted molar refractivity (Wildman–Crippen MR) is 90.3 cm³/mol. The Balaban J connectivity index is -0.000000602. The fourth-order valence-electron chi connectivity index (χ4n) is 2.64. The predicted octanol–water partition coefficient (Wildman–Crippen LogP) is -1.37. The Bertz CT molecular complexity index is 217. The van der Waals surface area contributed by atoms with Crippen LogP contribution in [0, 0.1) is 0 Å². The van der Waals surface area contributed by atoms with Crippen molar-refractivity contribution in [2.75, 3.05) is 0 Å². The fraction of sp³-hybridized carbons (Fsp3) is 0.944. The van der Waals surface area contributed by atoms with E-state index in [1.807, 2.05) is 0 Å². The van der Waals surface area contributed by atoms with Crippen molar-refractivity contribution in [2.45, 2.75) is 110 Å². The molecule has 0 aromatic carbocycles. The molecule has 0 radical (unpaired) electrons. The van der Waals surface area contributed by atoms with E-state index in [0.717, 1.165) is 12.8 Å². The van der Waals surface area contributed by atoms with Gasteiger partial charge in [0.2, 0.25) is 0 Å². The molecular formula is C18H35AlCl2O2. The minimum Gasteiger partial charge on any atom is -1.00 e. The van der Waals surface area contributed by atoms with Crippen LogP contribution in [0.15, 0.2) is 0 Å². The summed E-state index contributed by atoms with van der Waals surface area (Å²) in [5.74, 6) is -0.903. The molecule has 5 heteroatoms. The summed E-state index contributed by atoms with van der Waals surface area (Å²) in [4.78, 5) is 10.2. The summed E-state index contributed by atoms with van der Waals surface area (Å²) >= 11 is 0. The van der Waals surface area contributed by atoms with Gasteiger partial charge < -0.3 is 34.7 Å². The third-order valence-corrected chi connectivity index (χ3v) is 3.98. The Morgan fingerprint density at radius 1 is 0.609 bits per heavy atom. The summed E-state index contributed by atoms with van der Waals surface area (Å²) in [6, 6.07) is 0. The number of aliphatic carboxylic acids is 1. The number of unbranched alkanes of at least 4 members (excludes halogenated alkanes) is 14. The van der Waals surface area contributed by atoms with Crippen LogP contribution in [0.25, 0.3) is 0 Å². The maximum Gasteiger partial charge on any atom is 3.00 e. The van der Waals surface area contributed by atoms with E-state index in [0.29, 0.717) is 0 Å². The van der Waals surface area contributed by atoms with Crippen LogP contribution < -0.4 is 29.9 Å². The third kappa shape index (κ3) is 30.9. The molecule has 0 aliphatic carbocycles. The van der Waals surface area contributed by atoms with Gasteiger partial charge in [0.05, 0.1) is 0 Å². The van der Waals surface area contributed by atoms with Gasteiger partial charge in [-0.25, -0.2) is 0 Å². The van der Waals surface area contributed by atoms with E-state index < -0.39 is 5.97 Å². The number of carboxylic acid groups (broad SMARTS) is 1. The number of carbonyl (C=O) groups is 1. The quantitative estimate of drug-likeness (QED) is 0.244. The van der Waals surface area contributed by atoms with Crippen molar-refractivity contribution in [3.8, 4) is 0 Å². The minimum absolute atomic E-state index is 0. The zero-order valence-corrected chi connectivity index (χ0v) is 17.6. The van der Waals surface area contributed by atoms with E-state index >= 15 is 0 Å². The van der Waals surface area contributed by atoms with Crippen LogP contribution in [0.1, 0.15) is 110 Å². The topological polar surface area (TPSA) is 40.1 Å². The standard InChI is InChI=1S/C18H36O2.Al.2ClH/c1-2-3-4-5-6-7-8-9-10-11-12-13-14-15-16-17-18(19)20;;;/h2-17H2,1H3,(H,19,20);;2*1H/q;+3;;/p-3. The van der Waals surface area contributed by atoms with Gasteiger partial charge in [-0.1, -0.05) is 96.8 Å². The third-order valence-electron chi connectivity index (χ3n) is 3.98. The van der Waals surface area contributed by atoms with Crippen LogP contribution in [-0.4, -0.2) is 23.3 Å². The zero-order chi connectivity index (χ0) is 14.9. The molecule has 0 bridgehead atoms. The van der Waals surface area contributed by atoms with Gasteiger partial charge in [-0.2, -0.15) is 0 Å². The maximum atomic E-state index is 10.2. The molecule has 0 aromatic rings. The number of carboxylic acids is 1. The molecule has 0 unspecified atom stereocenters. The Morgan fingerprint density at radius 2 is 0.870 bits per heavy atom. The molecule has 2 nitrogen and oxygen atoms in total. The molecule has 0 saturated heterocycles. The summed E-state index contributed by atoms with van der Waals surface area (Å²) in [6.45, 7) is 2.27. The van der Waals surface area contributed by atoms with Crippen LogP contribution in [0.3, 0.4) is 0 Å². The summed E-state index contributed by atoms with van der Waals surface area (Å²) in [6.07, 6.45) is 19.9. The van der Waals surface area contributed by atoms with Gasteiger partial charge in [-0.15, -0.1) is 0 Å². The number of halogens is 2. The van der Waals surface area contributed by atoms with Crippen LogP contribution in [0.2, 0.25) is 0 Å². The van der Waals surface area contributed by atoms with Crippen molar-refractivity contribution >= 4 is 23.3 Å². The van der Waals surface area contributed by atoms with Gasteiger partial charge in [0, 0.05) is 5.97 Å². The second-order valence-corrected chi connectivity index (χ2v) is 6.07. The van der Waals surface area contributed by atoms with E-state index in [1.54, 1.807) is 0 Å². The van der Waals surface area contributed by atoms with Crippen molar-refractivity contribution < 1.29 is 34.7 Å². The second kappa shape index (κ2) is 27.4. The molecule has 0 rings (SSSR count). The van der Waals surface area contributed by atoms with Crippen LogP contribution in [0.4, 0.5) is 0 Å². The fourth-order valence-corrected chi connectivity index (χ4v) is 2.64. The van der Waals surface area contributed by atoms with Gasteiger partial charge in [-0.3, -0.25) is 0 Å². The first-order valence-electron chi connectivity index (χ1n) is 8.97. The molecule has 23 heavy (non-hydrogen) atoms. The van der Waals surface area contributed by atoms with E-state index in [4.69, 9.17) is 0 Å². The van der Waals surface area contributed by atoms with E-state index in [2.05, 4.69) is 6.92 Å². The van der Waals surface area contributed by atoms with Crippen molar-refractivity contribution in [1.82, 2.24) is 0 Å². The Labute approximate surface area is 167 Å². The molecule has 0 heterocycles. The average Bonchev–Trinajstić information content (AvgIpc) is 2.43. The first-order chi connectivity index (χ1) is 9.77. The summed E-state index contributed by atoms with van der Waals surface area (Å²) in [7, 11) is 0. The molecule has 136 valence electrons. The maximum absolute atomic E-state index is 10.2. The summed E-state index contributed by atoms with van der Waals surface area (Å²) in [5, 5.41) is 10.2. The largest absolute Gasteiger partial charge is 3.00 e. The normalized spacial score (nSPS) is 9.43. The van der Waals surface area contributed by atoms with Crippen molar-refractivity contribution in [1.29, 1.82) is 0 Å². The molecular weight excluding hydrogens is 346 g/mol. The average molecular weight is 381 g/mol. The molecule has 0 fully saturated rings. The van der Waals surface area contributed by atoms with Crippen LogP contribution in [-0.2, 0) is 4.79 Å². The summed E-state index contributed by atoms with van der Waals surface area (Å²) < 4.78 is 0. The molecule has 0 spiro atoms. The Morgan fingerprint density at radius 3 is 1.13 bits per heavy atom. The second-order valence-electron chi connectivity index (χ2n) is 6.07. The first kappa shape index (κ1) is 31.4. The van der Waals surface area contributed by atoms with Gasteiger partial charge >= 0.3 is 17.4 Å². The van der Waals surface area contributed by atoms with Crippen LogP contribution in [0.5, 0.6) is 0 Å². The minimum atomic E-state index is -0.903. The van der Waals surface area contributed by atoms with E-state index in [9.17, 15) is 9.90 Å². The number of hydrogen-bond acceptors (Lipinski definition) is 2. The molecule has 0 aliphatic heterocycles. The number of hydrogen-bond donors (Lipinski definition) is 0. The Kier molecular flexibility index (Phi) is 37.4. The molecule has 0 atom stereocenters. The van der Waals surface area contributed by atoms with E-state index in [1.165, 1.54) is 83.5 Å². The molecule has 0 N–H and O–H groups in total. The number of carbonyl (C=O) groups excluding carboxylic acids is 1. The Hall–Kier alpha value is 0.582. The van der Waals surface area contributed by atoms with Gasteiger partial charge in [0.1, 0.15) is 0 Å². The van der Waals surface area contributed by atoms with Gasteiger partial charge in [-0.05, 0) is 12.8 Å². The van der Waals surface area contributed by atoms with Gasteiger partial charge in [0.15, 0.2) is 0 Å². The molecule has 0 saturated carbocycles. The molecule has 0 amide bonds. The zero-order valence-electron chi connectivity index (χ0n) is 15.0. The van der Waals surface area contributed by atoms with E-state index in [-0.39, 0.29) is 48.6 Å². The smallest absolute Gasteiger partial charge is 1.00 e. The van der Waals surface area contributed by atoms with Gasteiger partial charge in [0.25, 0.3) is 0 Å². The monoisotopic (exact) mass is 380 g/mol. The molecule has 0 aliphatic rings. The SMILES string of the molecule is CCCCCCCCCCCCCCCCCC(=O)[O-].[Al+3].[Cl-].[Cl-]. The molecule has 0 aromatic heterocycles. The first-order valence-corrected chi connectivity index (χ1v) is 8.97. The summed E-state index contributed by atoms with van der Waals surface area (Å²) in [5.41, 5.74) is 0. The van der Waals surface area contributed by atoms with Crippen molar-refractivity contribution in [2.24, 2.45) is 0 Å².